The number of nitrogens with zero attached hydrogens (tertiary/aromatic N) is 3. The first-order valence-electron chi connectivity index (χ1n) is 6.24. The van der Waals surface area contributed by atoms with Crippen molar-refractivity contribution in [2.45, 2.75) is 26.3 Å². The largest absolute Gasteiger partial charge is 0.351 e. The van der Waals surface area contributed by atoms with Crippen LogP contribution >= 0.6 is 0 Å². The normalized spacial score (nSPS) is 15.8. The zero-order valence-electron chi connectivity index (χ0n) is 11.4. The van der Waals surface area contributed by atoms with Gasteiger partial charge in [-0.1, -0.05) is 0 Å². The average Bonchev–Trinajstić information content (AvgIpc) is 2.25. The molecule has 0 unspecified atom stereocenters. The van der Waals surface area contributed by atoms with Crippen LogP contribution in [0.1, 0.15) is 31.3 Å². The summed E-state index contributed by atoms with van der Waals surface area (Å²) in [6.07, 6.45) is 4.44. The van der Waals surface area contributed by atoms with Gasteiger partial charge in [0.2, 0.25) is 5.91 Å². The van der Waals surface area contributed by atoms with E-state index in [4.69, 9.17) is 0 Å². The van der Waals surface area contributed by atoms with Crippen molar-refractivity contribution in [2.75, 3.05) is 13.1 Å². The van der Waals surface area contributed by atoms with E-state index in [-0.39, 0.29) is 23.3 Å². The second kappa shape index (κ2) is 4.95. The number of rotatable bonds is 2. The highest BCUT2D eigenvalue weighted by Crippen LogP contribution is 2.18. The number of hydrogen-bond donors (Lipinski definition) is 1. The van der Waals surface area contributed by atoms with Crippen molar-refractivity contribution in [3.63, 3.8) is 0 Å². The lowest BCUT2D eigenvalue weighted by Gasteiger charge is -2.39. The lowest BCUT2D eigenvalue weighted by atomic mass is 9.97. The fourth-order valence-corrected chi connectivity index (χ4v) is 1.85. The minimum absolute atomic E-state index is 0.00399. The van der Waals surface area contributed by atoms with Gasteiger partial charge in [0.05, 0.1) is 12.1 Å². The molecule has 0 aliphatic carbocycles. The minimum atomic E-state index is -0.244. The van der Waals surface area contributed by atoms with Crippen LogP contribution in [-0.2, 0) is 4.79 Å². The Kier molecular flexibility index (Phi) is 3.50. The predicted molar refractivity (Wildman–Crippen MR) is 69.3 cm³/mol. The molecule has 0 saturated carbocycles. The zero-order valence-corrected chi connectivity index (χ0v) is 11.4. The first kappa shape index (κ1) is 13.5. The fourth-order valence-electron chi connectivity index (χ4n) is 1.85. The van der Waals surface area contributed by atoms with Gasteiger partial charge in [0.15, 0.2) is 0 Å². The topological polar surface area (TPSA) is 75.2 Å². The minimum Gasteiger partial charge on any atom is -0.351 e. The highest BCUT2D eigenvalue weighted by atomic mass is 16.2. The molecule has 19 heavy (non-hydrogen) atoms. The molecular formula is C13H18N4O2. The number of amides is 2. The lowest BCUT2D eigenvalue weighted by Crippen LogP contribution is -2.58. The van der Waals surface area contributed by atoms with Crippen LogP contribution < -0.4 is 5.32 Å². The Morgan fingerprint density at radius 3 is 2.53 bits per heavy atom. The molecule has 1 aromatic rings. The van der Waals surface area contributed by atoms with E-state index in [9.17, 15) is 9.59 Å². The van der Waals surface area contributed by atoms with Gasteiger partial charge in [0.1, 0.15) is 5.69 Å². The summed E-state index contributed by atoms with van der Waals surface area (Å²) in [5.41, 5.74) is 0.0732. The molecule has 6 nitrogen and oxygen atoms in total. The van der Waals surface area contributed by atoms with E-state index in [0.717, 1.165) is 0 Å². The Morgan fingerprint density at radius 2 is 2.00 bits per heavy atom. The number of hydrogen-bond acceptors (Lipinski definition) is 4. The van der Waals surface area contributed by atoms with Crippen molar-refractivity contribution in [2.24, 2.45) is 5.92 Å². The molecule has 1 aliphatic rings. The van der Waals surface area contributed by atoms with Gasteiger partial charge in [-0.15, -0.1) is 0 Å². The number of nitrogens with one attached hydrogen (secondary N) is 1. The smallest absolute Gasteiger partial charge is 0.274 e. The second-order valence-electron chi connectivity index (χ2n) is 5.74. The van der Waals surface area contributed by atoms with Crippen LogP contribution in [-0.4, -0.2) is 45.3 Å². The van der Waals surface area contributed by atoms with Gasteiger partial charge in [0, 0.05) is 31.0 Å². The van der Waals surface area contributed by atoms with Gasteiger partial charge in [-0.3, -0.25) is 14.6 Å². The van der Waals surface area contributed by atoms with Gasteiger partial charge in [0.25, 0.3) is 5.91 Å². The van der Waals surface area contributed by atoms with Crippen LogP contribution in [0.25, 0.3) is 0 Å². The van der Waals surface area contributed by atoms with Gasteiger partial charge in [-0.05, 0) is 20.8 Å². The zero-order chi connectivity index (χ0) is 14.0. The Morgan fingerprint density at radius 1 is 1.32 bits per heavy atom. The molecule has 102 valence electrons. The average molecular weight is 262 g/mol. The monoisotopic (exact) mass is 262 g/mol. The van der Waals surface area contributed by atoms with Crippen LogP contribution in [0.15, 0.2) is 18.6 Å². The summed E-state index contributed by atoms with van der Waals surface area (Å²) in [7, 11) is 0. The van der Waals surface area contributed by atoms with Crippen molar-refractivity contribution in [1.29, 1.82) is 0 Å². The third kappa shape index (κ3) is 3.27. The van der Waals surface area contributed by atoms with Crippen LogP contribution in [0, 0.1) is 5.92 Å². The Balaban J connectivity index is 1.87. The summed E-state index contributed by atoms with van der Waals surface area (Å²) in [6.45, 7) is 6.69. The van der Waals surface area contributed by atoms with Gasteiger partial charge < -0.3 is 10.2 Å². The highest BCUT2D eigenvalue weighted by molar-refractivity contribution is 5.94. The Hall–Kier alpha value is -1.98. The van der Waals surface area contributed by atoms with E-state index < -0.39 is 0 Å². The molecular weight excluding hydrogens is 244 g/mol. The van der Waals surface area contributed by atoms with E-state index in [0.29, 0.717) is 18.8 Å². The van der Waals surface area contributed by atoms with Crippen molar-refractivity contribution < 1.29 is 9.59 Å². The molecule has 0 bridgehead atoms. The Labute approximate surface area is 112 Å². The molecule has 0 aromatic carbocycles. The molecule has 2 rings (SSSR count). The van der Waals surface area contributed by atoms with Crippen LogP contribution in [0.3, 0.4) is 0 Å². The maximum absolute atomic E-state index is 12.0. The SMILES string of the molecule is CC(C)(C)NC(=O)C1CN(C(=O)c2cnccn2)C1. The molecule has 6 heteroatoms. The first-order chi connectivity index (χ1) is 8.87. The maximum Gasteiger partial charge on any atom is 0.274 e. The highest BCUT2D eigenvalue weighted by Gasteiger charge is 2.37. The molecule has 1 aromatic heterocycles. The fraction of sp³-hybridized carbons (Fsp3) is 0.538. The van der Waals surface area contributed by atoms with Crippen molar-refractivity contribution in [1.82, 2.24) is 20.2 Å². The molecule has 1 N–H and O–H groups in total. The van der Waals surface area contributed by atoms with E-state index in [1.807, 2.05) is 20.8 Å². The number of carbonyl (C=O) groups is 2. The number of aromatic nitrogens is 2. The number of carbonyl (C=O) groups excluding carboxylic acids is 2. The van der Waals surface area contributed by atoms with Gasteiger partial charge >= 0.3 is 0 Å². The molecule has 1 saturated heterocycles. The third-order valence-corrected chi connectivity index (χ3v) is 2.82. The summed E-state index contributed by atoms with van der Waals surface area (Å²) >= 11 is 0. The maximum atomic E-state index is 12.0. The predicted octanol–water partition coefficient (Wildman–Crippen LogP) is 0.463. The molecule has 0 atom stereocenters. The van der Waals surface area contributed by atoms with Gasteiger partial charge in [-0.2, -0.15) is 0 Å². The van der Waals surface area contributed by atoms with Crippen LogP contribution in [0.2, 0.25) is 0 Å². The first-order valence-corrected chi connectivity index (χ1v) is 6.24. The van der Waals surface area contributed by atoms with Crippen molar-refractivity contribution in [3.8, 4) is 0 Å². The van der Waals surface area contributed by atoms with E-state index in [2.05, 4.69) is 15.3 Å². The van der Waals surface area contributed by atoms with Crippen LogP contribution in [0.5, 0.6) is 0 Å². The Bertz CT molecular complexity index is 475. The van der Waals surface area contributed by atoms with E-state index in [1.165, 1.54) is 18.6 Å². The molecule has 1 aliphatic heterocycles. The lowest BCUT2D eigenvalue weighted by molar-refractivity contribution is -0.130. The summed E-state index contributed by atoms with van der Waals surface area (Å²) in [4.78, 5) is 33.3. The summed E-state index contributed by atoms with van der Waals surface area (Å²) in [6, 6.07) is 0. The quantitative estimate of drug-likeness (QED) is 0.840. The summed E-state index contributed by atoms with van der Waals surface area (Å²) in [5.74, 6) is -0.302. The van der Waals surface area contributed by atoms with Crippen LogP contribution in [0.4, 0.5) is 0 Å². The molecule has 0 radical (unpaired) electrons. The van der Waals surface area contributed by atoms with E-state index in [1.54, 1.807) is 4.90 Å². The molecule has 0 spiro atoms. The second-order valence-corrected chi connectivity index (χ2v) is 5.74. The van der Waals surface area contributed by atoms with E-state index >= 15 is 0 Å². The summed E-state index contributed by atoms with van der Waals surface area (Å²) < 4.78 is 0. The van der Waals surface area contributed by atoms with Gasteiger partial charge in [-0.25, -0.2) is 4.98 Å². The molecule has 1 fully saturated rings. The number of likely N-dealkylation sites (tertiary alicyclic amines) is 1. The molecule has 2 heterocycles. The molecule has 2 amide bonds. The standard InChI is InChI=1S/C13H18N4O2/c1-13(2,3)16-11(18)9-7-17(8-9)12(19)10-6-14-4-5-15-10/h4-6,9H,7-8H2,1-3H3,(H,16,18). The summed E-state index contributed by atoms with van der Waals surface area (Å²) in [5, 5.41) is 2.92. The van der Waals surface area contributed by atoms with Crippen molar-refractivity contribution >= 4 is 11.8 Å². The van der Waals surface area contributed by atoms with Crippen molar-refractivity contribution in [3.05, 3.63) is 24.3 Å². The third-order valence-electron chi connectivity index (χ3n) is 2.82.